The lowest BCUT2D eigenvalue weighted by Gasteiger charge is -2.35. The van der Waals surface area contributed by atoms with E-state index in [2.05, 4.69) is 9.71 Å². The highest BCUT2D eigenvalue weighted by molar-refractivity contribution is 7.89. The molecule has 1 saturated carbocycles. The van der Waals surface area contributed by atoms with E-state index < -0.39 is 15.6 Å². The molecule has 6 nitrogen and oxygen atoms in total. The van der Waals surface area contributed by atoms with Gasteiger partial charge in [-0.3, -0.25) is 4.40 Å². The number of nitrogens with zero attached hydrogens (tertiary/aromatic N) is 3. The molecule has 0 aliphatic heterocycles. The third-order valence-electron chi connectivity index (χ3n) is 3.45. The molecule has 20 heavy (non-hydrogen) atoms. The van der Waals surface area contributed by atoms with Crippen LogP contribution >= 0.6 is 11.6 Å². The second kappa shape index (κ2) is 4.45. The standard InChI is InChI=1S/C12H11ClN4O2S/c13-10-11(17-7-2-1-4-9(17)15-10)20(18,19)16-12(8-14)5-3-6-12/h1-2,4,7,16H,3,5-6H2. The summed E-state index contributed by atoms with van der Waals surface area (Å²) >= 11 is 5.95. The summed E-state index contributed by atoms with van der Waals surface area (Å²) in [4.78, 5) is 4.01. The number of nitrogens with one attached hydrogen (secondary N) is 1. The van der Waals surface area contributed by atoms with Crippen molar-refractivity contribution in [2.24, 2.45) is 0 Å². The lowest BCUT2D eigenvalue weighted by Crippen LogP contribution is -2.52. The molecule has 2 aromatic rings. The minimum Gasteiger partial charge on any atom is -0.288 e. The van der Waals surface area contributed by atoms with Crippen molar-refractivity contribution < 1.29 is 8.42 Å². The Morgan fingerprint density at radius 1 is 1.45 bits per heavy atom. The topological polar surface area (TPSA) is 87.3 Å². The molecule has 8 heteroatoms. The lowest BCUT2D eigenvalue weighted by atomic mass is 9.79. The van der Waals surface area contributed by atoms with Crippen LogP contribution in [0.1, 0.15) is 19.3 Å². The molecule has 0 saturated heterocycles. The fraction of sp³-hybridized carbons (Fsp3) is 0.333. The molecule has 2 aromatic heterocycles. The van der Waals surface area contributed by atoms with Crippen LogP contribution in [-0.2, 0) is 10.0 Å². The van der Waals surface area contributed by atoms with Crippen molar-refractivity contribution in [3.8, 4) is 6.07 Å². The fourth-order valence-electron chi connectivity index (χ4n) is 2.26. The third kappa shape index (κ3) is 1.97. The summed E-state index contributed by atoms with van der Waals surface area (Å²) < 4.78 is 28.8. The van der Waals surface area contributed by atoms with Crippen LogP contribution in [0.4, 0.5) is 0 Å². The van der Waals surface area contributed by atoms with Gasteiger partial charge in [-0.1, -0.05) is 17.7 Å². The highest BCUT2D eigenvalue weighted by Crippen LogP contribution is 2.33. The van der Waals surface area contributed by atoms with Crippen molar-refractivity contribution in [2.45, 2.75) is 29.8 Å². The summed E-state index contributed by atoms with van der Waals surface area (Å²) in [5.41, 5.74) is -0.571. The molecule has 104 valence electrons. The SMILES string of the molecule is N#CC1(NS(=O)(=O)c2c(Cl)nc3ccccn23)CCC1. The first kappa shape index (κ1) is 13.4. The number of hydrogen-bond acceptors (Lipinski definition) is 4. The van der Waals surface area contributed by atoms with Crippen molar-refractivity contribution in [3.05, 3.63) is 29.5 Å². The zero-order valence-electron chi connectivity index (χ0n) is 10.4. The Balaban J connectivity index is 2.10. The first-order valence-electron chi connectivity index (χ1n) is 6.05. The van der Waals surface area contributed by atoms with Gasteiger partial charge in [0, 0.05) is 6.20 Å². The van der Waals surface area contributed by atoms with E-state index in [-0.39, 0.29) is 10.2 Å². The van der Waals surface area contributed by atoms with Crippen LogP contribution in [0.2, 0.25) is 5.15 Å². The maximum absolute atomic E-state index is 12.5. The quantitative estimate of drug-likeness (QED) is 0.935. The van der Waals surface area contributed by atoms with Crippen molar-refractivity contribution in [2.75, 3.05) is 0 Å². The molecule has 3 rings (SSSR count). The van der Waals surface area contributed by atoms with Crippen molar-refractivity contribution in [1.82, 2.24) is 14.1 Å². The molecular formula is C12H11ClN4O2S. The van der Waals surface area contributed by atoms with E-state index in [4.69, 9.17) is 16.9 Å². The highest BCUT2D eigenvalue weighted by atomic mass is 35.5. The van der Waals surface area contributed by atoms with Gasteiger partial charge in [0.05, 0.1) is 6.07 Å². The number of imidazole rings is 1. The molecule has 0 radical (unpaired) electrons. The Morgan fingerprint density at radius 2 is 2.20 bits per heavy atom. The van der Waals surface area contributed by atoms with E-state index in [9.17, 15) is 8.42 Å². The second-order valence-electron chi connectivity index (χ2n) is 4.79. The first-order valence-corrected chi connectivity index (χ1v) is 7.91. The minimum atomic E-state index is -3.91. The summed E-state index contributed by atoms with van der Waals surface area (Å²) in [7, 11) is -3.91. The molecular weight excluding hydrogens is 300 g/mol. The molecule has 1 aliphatic carbocycles. The molecule has 1 fully saturated rings. The molecule has 2 heterocycles. The van der Waals surface area contributed by atoms with Gasteiger partial charge in [-0.05, 0) is 31.4 Å². The number of sulfonamides is 1. The number of hydrogen-bond donors (Lipinski definition) is 1. The van der Waals surface area contributed by atoms with Gasteiger partial charge in [0.2, 0.25) is 0 Å². The molecule has 0 aromatic carbocycles. The zero-order valence-corrected chi connectivity index (χ0v) is 11.9. The Kier molecular flexibility index (Phi) is 2.97. The van der Waals surface area contributed by atoms with Gasteiger partial charge < -0.3 is 0 Å². The number of nitriles is 1. The van der Waals surface area contributed by atoms with Crippen LogP contribution in [-0.4, -0.2) is 23.3 Å². The van der Waals surface area contributed by atoms with Gasteiger partial charge in [-0.15, -0.1) is 0 Å². The average molecular weight is 311 g/mol. The van der Waals surface area contributed by atoms with Crippen LogP contribution < -0.4 is 4.72 Å². The number of halogens is 1. The summed E-state index contributed by atoms with van der Waals surface area (Å²) in [6.45, 7) is 0. The predicted octanol–water partition coefficient (Wildman–Crippen LogP) is 1.71. The maximum Gasteiger partial charge on any atom is 0.261 e. The normalized spacial score (nSPS) is 17.6. The Labute approximate surface area is 121 Å². The first-order chi connectivity index (χ1) is 9.47. The Hall–Kier alpha value is -1.62. The monoisotopic (exact) mass is 310 g/mol. The summed E-state index contributed by atoms with van der Waals surface area (Å²) in [5, 5.41) is 8.92. The lowest BCUT2D eigenvalue weighted by molar-refractivity contribution is 0.296. The Morgan fingerprint density at radius 3 is 2.80 bits per heavy atom. The van der Waals surface area contributed by atoms with Crippen LogP contribution in [0, 0.1) is 11.3 Å². The summed E-state index contributed by atoms with van der Waals surface area (Å²) in [6, 6.07) is 7.13. The number of rotatable bonds is 3. The van der Waals surface area contributed by atoms with E-state index in [0.717, 1.165) is 6.42 Å². The molecule has 0 bridgehead atoms. The fourth-order valence-corrected chi connectivity index (χ4v) is 4.28. The molecule has 0 unspecified atom stereocenters. The van der Waals surface area contributed by atoms with E-state index in [1.54, 1.807) is 24.4 Å². The molecule has 0 amide bonds. The number of fused-ring (bicyclic) bond motifs is 1. The van der Waals surface area contributed by atoms with Gasteiger partial charge >= 0.3 is 0 Å². The third-order valence-corrected chi connectivity index (χ3v) is 5.39. The maximum atomic E-state index is 12.5. The largest absolute Gasteiger partial charge is 0.288 e. The summed E-state index contributed by atoms with van der Waals surface area (Å²) in [6.07, 6.45) is 3.42. The van der Waals surface area contributed by atoms with E-state index in [1.165, 1.54) is 4.40 Å². The average Bonchev–Trinajstić information content (AvgIpc) is 2.70. The molecule has 0 atom stereocenters. The van der Waals surface area contributed by atoms with Crippen LogP contribution in [0.3, 0.4) is 0 Å². The predicted molar refractivity (Wildman–Crippen MR) is 72.7 cm³/mol. The van der Waals surface area contributed by atoms with Crippen LogP contribution in [0.25, 0.3) is 5.65 Å². The van der Waals surface area contributed by atoms with Crippen molar-refractivity contribution >= 4 is 27.3 Å². The van der Waals surface area contributed by atoms with E-state index in [1.807, 2.05) is 6.07 Å². The van der Waals surface area contributed by atoms with Gasteiger partial charge in [-0.2, -0.15) is 9.98 Å². The van der Waals surface area contributed by atoms with E-state index in [0.29, 0.717) is 18.5 Å². The second-order valence-corrected chi connectivity index (χ2v) is 6.75. The Bertz CT molecular complexity index is 818. The van der Waals surface area contributed by atoms with Gasteiger partial charge in [0.1, 0.15) is 11.2 Å². The smallest absolute Gasteiger partial charge is 0.261 e. The van der Waals surface area contributed by atoms with Crippen LogP contribution in [0.15, 0.2) is 29.4 Å². The highest BCUT2D eigenvalue weighted by Gasteiger charge is 2.42. The zero-order chi connectivity index (χ0) is 14.4. The molecule has 0 spiro atoms. The van der Waals surface area contributed by atoms with Crippen LogP contribution in [0.5, 0.6) is 0 Å². The number of aromatic nitrogens is 2. The van der Waals surface area contributed by atoms with Gasteiger partial charge in [0.15, 0.2) is 10.2 Å². The van der Waals surface area contributed by atoms with Gasteiger partial charge in [0.25, 0.3) is 10.0 Å². The van der Waals surface area contributed by atoms with Crippen molar-refractivity contribution in [1.29, 1.82) is 5.26 Å². The van der Waals surface area contributed by atoms with Crippen molar-refractivity contribution in [3.63, 3.8) is 0 Å². The number of pyridine rings is 1. The molecule has 1 N–H and O–H groups in total. The van der Waals surface area contributed by atoms with E-state index >= 15 is 0 Å². The summed E-state index contributed by atoms with van der Waals surface area (Å²) in [5.74, 6) is 0. The minimum absolute atomic E-state index is 0.101. The van der Waals surface area contributed by atoms with Gasteiger partial charge in [-0.25, -0.2) is 13.4 Å². The molecule has 1 aliphatic rings.